The summed E-state index contributed by atoms with van der Waals surface area (Å²) >= 11 is 0. The van der Waals surface area contributed by atoms with Gasteiger partial charge >= 0.3 is 0 Å². The van der Waals surface area contributed by atoms with Gasteiger partial charge in [0.15, 0.2) is 0 Å². The van der Waals surface area contributed by atoms with Crippen LogP contribution in [0.2, 0.25) is 0 Å². The fraction of sp³-hybridized carbons (Fsp3) is 0.844. The number of aryl methyl sites for hydroxylation is 2. The lowest BCUT2D eigenvalue weighted by atomic mass is 9.33. The molecule has 1 aromatic carbocycles. The van der Waals surface area contributed by atoms with E-state index in [0.717, 1.165) is 104 Å². The molecule has 2 atom stereocenters. The Balaban J connectivity index is -0.00000118. The third-order valence-electron chi connectivity index (χ3n) is 23.3. The molecule has 10 fully saturated rings. The first-order valence-electron chi connectivity index (χ1n) is 46.2. The lowest BCUT2D eigenvalue weighted by molar-refractivity contribution is -0.217. The maximum Gasteiger partial charge on any atom is 0.214 e. The molecule has 2 aromatic heterocycles. The van der Waals surface area contributed by atoms with Gasteiger partial charge in [0.2, 0.25) is 10.0 Å². The Kier molecular flexibility index (Phi) is 62.7. The maximum absolute atomic E-state index is 14.0. The highest BCUT2D eigenvalue weighted by Gasteiger charge is 2.65. The molecule has 678 valence electrons. The molecular formula is C96H191F2N13O3S. The SMILES string of the molecule is CC.CC.CC.CC(C)/C(C=N)=C/N.CC(C)C1(F)CCNC1.CC(C)C12CC(C)(C1)C2.CC(C)C1CCNCC1.CC(C)N1CCC(F)(C(C)C)C1.CC(C)N1CCC1.CC(C)N1CCCCC1.CC(C)N1CCOCC1.CC(C)NS(=O)(=O)C1CC1.CC(C)c1ccccc1.CC(C)n1cccn1.Cc1n[nH]c(C)c1C(C)C. The number of alkyl halides is 2. The smallest absolute Gasteiger partial charge is 0.214 e. The minimum atomic E-state index is -2.94. The molecule has 0 radical (unpaired) electrons. The van der Waals surface area contributed by atoms with Crippen molar-refractivity contribution < 1.29 is 21.9 Å². The van der Waals surface area contributed by atoms with E-state index in [2.05, 4.69) is 213 Å². The molecule has 4 aliphatic carbocycles. The molecule has 2 bridgehead atoms. The Morgan fingerprint density at radius 3 is 1.28 bits per heavy atom. The van der Waals surface area contributed by atoms with Crippen LogP contribution in [0.3, 0.4) is 0 Å². The van der Waals surface area contributed by atoms with Crippen LogP contribution in [0, 0.1) is 65.6 Å². The quantitative estimate of drug-likeness (QED) is 0.0746. The molecule has 6 aliphatic heterocycles. The van der Waals surface area contributed by atoms with Crippen molar-refractivity contribution in [3.63, 3.8) is 0 Å². The van der Waals surface area contributed by atoms with Gasteiger partial charge in [-0.2, -0.15) is 10.2 Å². The Morgan fingerprint density at radius 2 is 1.06 bits per heavy atom. The molecule has 7 N–H and O–H groups in total. The summed E-state index contributed by atoms with van der Waals surface area (Å²) in [7, 11) is -2.94. The number of sulfonamides is 1. The molecule has 3 aromatic rings. The highest BCUT2D eigenvalue weighted by atomic mass is 32.2. The van der Waals surface area contributed by atoms with Crippen molar-refractivity contribution in [2.75, 3.05) is 91.8 Å². The minimum absolute atomic E-state index is 0.0330. The summed E-state index contributed by atoms with van der Waals surface area (Å²) in [6.07, 6.45) is 22.6. The van der Waals surface area contributed by atoms with Crippen LogP contribution in [-0.4, -0.2) is 193 Å². The van der Waals surface area contributed by atoms with Gasteiger partial charge in [-0.15, -0.1) is 0 Å². The standard InChI is InChI=1S/C10H20FN.C9H16.C9H12.C8H14N2.2C8H17N.C7H14FN.C7H15NO.C6H10N2.C6H12N2.C6H13NO2S.C6H13N.3C2H6/c1-8(2)10(11)5-6-12(7-10)9(3)4;1-7(2)9-4-8(3,5-9)6-9;1-8(2)9-6-4-3-5-7-9;1-5(2)8-6(3)9-10-7(8)4;1-7(2)8-3-5-9-6-4-8;1-8(2)9-6-4-3-5-7-9;1-6(2)7(8)3-4-9-5-7;1-7(2)8-3-5-9-6-4-8;1-6(2)8-5-3-4-7-8;1-5(2)6(3-7)4-8;1-5(2)7-10(8,9)6-3-4-6;1-6(2)7-4-3-5-7;3*1-2/h8-9H,5-7H2,1-4H3;7H,4-6H2,1-3H3;3-8H,1-2H3;5H,1-4H3,(H,9,10);7-9H,3-6H2,1-2H3;8H,3-7H2,1-2H3;6,9H,3-5H2,1-2H3;7H,3-6H2,1-2H3;3-6H,1-2H3;3-5,7H,8H2,1-2H3;5-7H,3-4H2,1-2H3;6H,3-5H2,1-2H3;3*1-2H3/b;;;;;;;;;6-4+,7-3?;;;;;. The molecule has 6 saturated heterocycles. The van der Waals surface area contributed by atoms with E-state index in [1.165, 1.54) is 126 Å². The second-order valence-electron chi connectivity index (χ2n) is 36.9. The number of nitrogens with zero attached hydrogens (tertiary/aromatic N) is 7. The first-order chi connectivity index (χ1) is 53.9. The van der Waals surface area contributed by atoms with E-state index >= 15 is 0 Å². The second kappa shape index (κ2) is 62.4. The molecule has 16 nitrogen and oxygen atoms in total. The monoisotopic (exact) mass is 1640 g/mol. The van der Waals surface area contributed by atoms with Crippen LogP contribution in [-0.2, 0) is 14.8 Å². The Morgan fingerprint density at radius 1 is 0.583 bits per heavy atom. The van der Waals surface area contributed by atoms with Crippen LogP contribution in [0.5, 0.6) is 0 Å². The third kappa shape index (κ3) is 48.0. The first-order valence-corrected chi connectivity index (χ1v) is 47.7. The Bertz CT molecular complexity index is 2810. The number of allylic oxidation sites excluding steroid dienone is 1. The van der Waals surface area contributed by atoms with Crippen molar-refractivity contribution in [3.8, 4) is 0 Å². The van der Waals surface area contributed by atoms with Crippen LogP contribution in [0.25, 0.3) is 0 Å². The summed E-state index contributed by atoms with van der Waals surface area (Å²) in [5.74, 6) is 4.76. The lowest BCUT2D eigenvalue weighted by Gasteiger charge is -2.72. The Hall–Kier alpha value is -3.66. The topological polar surface area (TPSA) is 189 Å². The number of aromatic amines is 1. The van der Waals surface area contributed by atoms with E-state index in [0.29, 0.717) is 61.8 Å². The number of likely N-dealkylation sites (tertiary alicyclic amines) is 3. The number of nitrogens with two attached hydrogens (primary N) is 1. The molecule has 2 unspecified atom stereocenters. The molecule has 13 rings (SSSR count). The number of piperidine rings is 2. The fourth-order valence-corrected chi connectivity index (χ4v) is 16.5. The number of ether oxygens (including phenoxy) is 1. The normalized spacial score (nSPS) is 22.4. The van der Waals surface area contributed by atoms with Crippen LogP contribution >= 0.6 is 0 Å². The van der Waals surface area contributed by atoms with E-state index in [-0.39, 0.29) is 23.1 Å². The van der Waals surface area contributed by atoms with Gasteiger partial charge in [-0.25, -0.2) is 21.9 Å². The van der Waals surface area contributed by atoms with Gasteiger partial charge in [0.1, 0.15) is 11.3 Å². The zero-order chi connectivity index (χ0) is 89.0. The molecule has 115 heavy (non-hydrogen) atoms. The van der Waals surface area contributed by atoms with Gasteiger partial charge in [0.05, 0.1) is 24.2 Å². The fourth-order valence-electron chi connectivity index (χ4n) is 14.9. The van der Waals surface area contributed by atoms with E-state index in [1.54, 1.807) is 6.20 Å². The van der Waals surface area contributed by atoms with Crippen molar-refractivity contribution in [2.45, 2.75) is 390 Å². The predicted octanol–water partition coefficient (Wildman–Crippen LogP) is 23.1. The van der Waals surface area contributed by atoms with Crippen molar-refractivity contribution >= 4 is 16.2 Å². The van der Waals surface area contributed by atoms with Crippen LogP contribution < -0.4 is 21.1 Å². The van der Waals surface area contributed by atoms with Crippen molar-refractivity contribution in [3.05, 3.63) is 83.1 Å². The number of hydrogen-bond acceptors (Lipinski definition) is 13. The Labute approximate surface area is 711 Å². The molecule has 0 spiro atoms. The van der Waals surface area contributed by atoms with Crippen molar-refractivity contribution in [1.29, 1.82) is 5.41 Å². The van der Waals surface area contributed by atoms with E-state index in [4.69, 9.17) is 15.9 Å². The largest absolute Gasteiger partial charge is 0.404 e. The van der Waals surface area contributed by atoms with Gasteiger partial charge < -0.3 is 36.3 Å². The average molecular weight is 1650 g/mol. The summed E-state index contributed by atoms with van der Waals surface area (Å²) in [6, 6.07) is 15.7. The zero-order valence-corrected chi connectivity index (χ0v) is 82.4. The van der Waals surface area contributed by atoms with Gasteiger partial charge in [0, 0.05) is 93.3 Å². The molecule has 19 heteroatoms. The van der Waals surface area contributed by atoms with E-state index < -0.39 is 21.4 Å². The van der Waals surface area contributed by atoms with Crippen LogP contribution in [0.1, 0.15) is 352 Å². The van der Waals surface area contributed by atoms with E-state index in [1.807, 2.05) is 127 Å². The summed E-state index contributed by atoms with van der Waals surface area (Å²) in [6.45, 7) is 89.0. The van der Waals surface area contributed by atoms with Gasteiger partial charge in [-0.05, 0) is 307 Å². The number of H-pyrrole nitrogens is 1. The van der Waals surface area contributed by atoms with Crippen LogP contribution in [0.4, 0.5) is 8.78 Å². The van der Waals surface area contributed by atoms with E-state index in [9.17, 15) is 17.2 Å². The number of morpholine rings is 1. The molecule has 8 heterocycles. The third-order valence-corrected chi connectivity index (χ3v) is 25.4. The second-order valence-corrected chi connectivity index (χ2v) is 38.8. The number of nitrogens with one attached hydrogen (secondary N) is 5. The molecule has 0 amide bonds. The summed E-state index contributed by atoms with van der Waals surface area (Å²) in [5.41, 5.74) is 11.0. The first kappa shape index (κ1) is 115. The van der Waals surface area contributed by atoms with Gasteiger partial charge in [-0.3, -0.25) is 19.6 Å². The predicted molar refractivity (Wildman–Crippen MR) is 501 cm³/mol. The zero-order valence-electron chi connectivity index (χ0n) is 81.6. The highest BCUT2D eigenvalue weighted by molar-refractivity contribution is 7.90. The van der Waals surface area contributed by atoms with Crippen LogP contribution in [0.15, 0.2) is 60.6 Å². The summed E-state index contributed by atoms with van der Waals surface area (Å²) in [5, 5.41) is 24.2. The van der Waals surface area contributed by atoms with Gasteiger partial charge in [0.25, 0.3) is 0 Å². The average Bonchev–Trinajstić information content (AvgIpc) is 1.54. The molecule has 10 aliphatic rings. The van der Waals surface area contributed by atoms with Crippen molar-refractivity contribution in [1.82, 2.24) is 54.9 Å². The number of aromatic nitrogens is 4. The minimum Gasteiger partial charge on any atom is -0.404 e. The number of hydrogen-bond donors (Lipinski definition) is 6. The summed E-state index contributed by atoms with van der Waals surface area (Å²) < 4.78 is 59.2. The number of rotatable bonds is 16. The highest BCUT2D eigenvalue weighted by Crippen LogP contribution is 2.75. The number of benzene rings is 1. The lowest BCUT2D eigenvalue weighted by Crippen LogP contribution is -2.62. The van der Waals surface area contributed by atoms with Gasteiger partial charge in [-0.1, -0.05) is 182 Å². The summed E-state index contributed by atoms with van der Waals surface area (Å²) in [4.78, 5) is 9.69. The molecular weight excluding hydrogens is 1450 g/mol. The number of halogens is 2. The maximum atomic E-state index is 14.0. The molecule has 4 saturated carbocycles. The van der Waals surface area contributed by atoms with Crippen molar-refractivity contribution in [2.24, 2.45) is 52.1 Å².